The van der Waals surface area contributed by atoms with Gasteiger partial charge in [-0.3, -0.25) is 20.4 Å². The molecule has 11 heteroatoms. The molecule has 1 saturated heterocycles. The highest BCUT2D eigenvalue weighted by Gasteiger charge is 2.64. The molecule has 1 heterocycles. The summed E-state index contributed by atoms with van der Waals surface area (Å²) in [6, 6.07) is 16.5. The molecule has 3 rings (SSSR count). The standard InChI is InChI=1S/C29H37N4O6Si/c1-28(2,3)33-23(20-34)29(24(33)35,40(4)5)18-12-13-19-30-25(31-26(36)38-21-14-8-6-9-15-21)32-27(37)39-22-16-10-7-11-17-22/h6-11,14-17,20,23H,12-13,18-19H2,1-5H3,(H2,30,31,32,36,37)/t23-,29-/m1/s1. The number of aliphatic imine (C=N–C) groups is 1. The van der Waals surface area contributed by atoms with Crippen LogP contribution in [0.3, 0.4) is 0 Å². The normalized spacial score (nSPS) is 18.4. The van der Waals surface area contributed by atoms with E-state index in [0.29, 0.717) is 30.8 Å². The van der Waals surface area contributed by atoms with E-state index >= 15 is 0 Å². The molecular formula is C29H37N4O6Si. The monoisotopic (exact) mass is 565 g/mol. The van der Waals surface area contributed by atoms with E-state index in [0.717, 1.165) is 6.29 Å². The molecule has 2 atom stereocenters. The van der Waals surface area contributed by atoms with Gasteiger partial charge in [-0.1, -0.05) is 55.9 Å². The minimum atomic E-state index is -1.14. The van der Waals surface area contributed by atoms with Crippen molar-refractivity contribution in [3.8, 4) is 11.5 Å². The minimum Gasteiger partial charge on any atom is -0.410 e. The van der Waals surface area contributed by atoms with Crippen LogP contribution in [0.5, 0.6) is 11.5 Å². The number of guanidine groups is 1. The van der Waals surface area contributed by atoms with Gasteiger partial charge in [0.2, 0.25) is 11.9 Å². The van der Waals surface area contributed by atoms with Gasteiger partial charge in [0, 0.05) is 12.1 Å². The Morgan fingerprint density at radius 3 is 1.88 bits per heavy atom. The maximum absolute atomic E-state index is 13.3. The van der Waals surface area contributed by atoms with Crippen molar-refractivity contribution in [2.24, 2.45) is 4.99 Å². The van der Waals surface area contributed by atoms with Crippen LogP contribution in [0, 0.1) is 0 Å². The quantitative estimate of drug-likeness (QED) is 0.112. The van der Waals surface area contributed by atoms with Gasteiger partial charge in [0.1, 0.15) is 17.8 Å². The van der Waals surface area contributed by atoms with E-state index in [9.17, 15) is 19.2 Å². The van der Waals surface area contributed by atoms with E-state index in [2.05, 4.69) is 28.7 Å². The molecule has 0 aliphatic carbocycles. The fourth-order valence-corrected chi connectivity index (χ4v) is 6.80. The van der Waals surface area contributed by atoms with Gasteiger partial charge in [0.25, 0.3) is 0 Å². The first-order valence-electron chi connectivity index (χ1n) is 13.2. The second-order valence-corrected chi connectivity index (χ2v) is 13.6. The van der Waals surface area contributed by atoms with Crippen LogP contribution in [0.25, 0.3) is 0 Å². The maximum atomic E-state index is 13.3. The Hall–Kier alpha value is -3.99. The largest absolute Gasteiger partial charge is 0.419 e. The maximum Gasteiger partial charge on any atom is 0.419 e. The molecule has 0 spiro atoms. The first-order chi connectivity index (χ1) is 19.0. The van der Waals surface area contributed by atoms with Crippen LogP contribution in [-0.2, 0) is 9.59 Å². The van der Waals surface area contributed by atoms with Gasteiger partial charge >= 0.3 is 12.2 Å². The van der Waals surface area contributed by atoms with Crippen molar-refractivity contribution in [3.63, 3.8) is 0 Å². The molecule has 1 aliphatic rings. The zero-order valence-corrected chi connectivity index (χ0v) is 24.6. The summed E-state index contributed by atoms with van der Waals surface area (Å²) >= 11 is 0. The summed E-state index contributed by atoms with van der Waals surface area (Å²) < 4.78 is 10.5. The van der Waals surface area contributed by atoms with Crippen LogP contribution in [0.2, 0.25) is 18.1 Å². The van der Waals surface area contributed by atoms with Gasteiger partial charge in [0.15, 0.2) is 0 Å². The molecule has 1 radical (unpaired) electrons. The number of para-hydroxylation sites is 2. The Labute approximate surface area is 236 Å². The molecule has 1 aliphatic heterocycles. The number of unbranched alkanes of at least 4 members (excludes halogenated alkanes) is 1. The molecule has 0 bridgehead atoms. The van der Waals surface area contributed by atoms with Crippen molar-refractivity contribution in [1.82, 2.24) is 15.5 Å². The van der Waals surface area contributed by atoms with Gasteiger partial charge in [-0.15, -0.1) is 0 Å². The van der Waals surface area contributed by atoms with Crippen molar-refractivity contribution >= 4 is 39.1 Å². The summed E-state index contributed by atoms with van der Waals surface area (Å²) in [6.45, 7) is 10.2. The lowest BCUT2D eigenvalue weighted by Crippen LogP contribution is -2.73. The zero-order chi connectivity index (χ0) is 29.3. The van der Waals surface area contributed by atoms with Crippen LogP contribution in [-0.4, -0.2) is 62.2 Å². The number of amides is 3. The van der Waals surface area contributed by atoms with Crippen LogP contribution >= 0.6 is 0 Å². The fraction of sp³-hybridized carbons (Fsp3) is 0.414. The lowest BCUT2D eigenvalue weighted by molar-refractivity contribution is -0.166. The average Bonchev–Trinajstić information content (AvgIpc) is 2.88. The van der Waals surface area contributed by atoms with Crippen LogP contribution in [0.15, 0.2) is 65.7 Å². The van der Waals surface area contributed by atoms with E-state index < -0.39 is 37.6 Å². The fourth-order valence-electron chi connectivity index (χ4n) is 4.79. The van der Waals surface area contributed by atoms with Crippen molar-refractivity contribution in [3.05, 3.63) is 60.7 Å². The van der Waals surface area contributed by atoms with E-state index in [-0.39, 0.29) is 18.4 Å². The number of hydrogen-bond acceptors (Lipinski definition) is 7. The summed E-state index contributed by atoms with van der Waals surface area (Å²) in [5, 5.41) is 4.25. The van der Waals surface area contributed by atoms with Crippen LogP contribution in [0.4, 0.5) is 9.59 Å². The van der Waals surface area contributed by atoms with Crippen molar-refractivity contribution in [2.45, 2.75) is 69.7 Å². The Bertz CT molecular complexity index is 1160. The summed E-state index contributed by atoms with van der Waals surface area (Å²) in [6.07, 6.45) is 1.03. The van der Waals surface area contributed by atoms with Crippen molar-refractivity contribution in [2.75, 3.05) is 6.54 Å². The molecule has 1 fully saturated rings. The number of carbonyl (C=O) groups excluding carboxylic acids is 4. The SMILES string of the molecule is C[Si](C)[C@@]1(CCCCN=C(NC(=O)Oc2ccccc2)NC(=O)Oc2ccccc2)C(=O)N(C(C)(C)C)[C@@H]1C=O. The molecule has 10 nitrogen and oxygen atoms in total. The smallest absolute Gasteiger partial charge is 0.410 e. The Morgan fingerprint density at radius 2 is 1.45 bits per heavy atom. The summed E-state index contributed by atoms with van der Waals surface area (Å²) in [5.74, 6) is 0.562. The molecule has 40 heavy (non-hydrogen) atoms. The molecule has 0 unspecified atom stereocenters. The molecule has 3 amide bonds. The zero-order valence-electron chi connectivity index (χ0n) is 23.6. The third kappa shape index (κ3) is 7.35. The highest BCUT2D eigenvalue weighted by Crippen LogP contribution is 2.54. The highest BCUT2D eigenvalue weighted by atomic mass is 28.3. The number of ether oxygens (including phenoxy) is 2. The Morgan fingerprint density at radius 1 is 0.950 bits per heavy atom. The summed E-state index contributed by atoms with van der Waals surface area (Å²) in [4.78, 5) is 56.3. The third-order valence-corrected chi connectivity index (χ3v) is 9.27. The number of β-lactam (4-membered cyclic amide) rings is 1. The topological polar surface area (TPSA) is 126 Å². The molecule has 0 aromatic heterocycles. The molecule has 2 aromatic carbocycles. The van der Waals surface area contributed by atoms with Gasteiger partial charge in [-0.05, 0) is 57.9 Å². The van der Waals surface area contributed by atoms with Crippen LogP contribution < -0.4 is 20.1 Å². The summed E-state index contributed by atoms with van der Waals surface area (Å²) in [5.41, 5.74) is -0.428. The molecule has 213 valence electrons. The third-order valence-electron chi connectivity index (χ3n) is 6.72. The van der Waals surface area contributed by atoms with Gasteiger partial charge in [0.05, 0.1) is 19.9 Å². The lowest BCUT2D eigenvalue weighted by atomic mass is 9.78. The number of hydrogen-bond donors (Lipinski definition) is 2. The number of benzene rings is 2. The van der Waals surface area contributed by atoms with E-state index in [4.69, 9.17) is 9.47 Å². The molecule has 0 saturated carbocycles. The van der Waals surface area contributed by atoms with Gasteiger partial charge in [-0.25, -0.2) is 9.59 Å². The second-order valence-electron chi connectivity index (χ2n) is 10.7. The predicted octanol–water partition coefficient (Wildman–Crippen LogP) is 4.79. The van der Waals surface area contributed by atoms with E-state index in [1.807, 2.05) is 20.8 Å². The minimum absolute atomic E-state index is 0.0378. The van der Waals surface area contributed by atoms with Gasteiger partial charge < -0.3 is 19.2 Å². The Balaban J connectivity index is 1.64. The number of aldehydes is 1. The van der Waals surface area contributed by atoms with Crippen molar-refractivity contribution in [1.29, 1.82) is 0 Å². The number of likely N-dealkylation sites (tertiary alicyclic amines) is 1. The van der Waals surface area contributed by atoms with E-state index in [1.165, 1.54) is 0 Å². The molecular weight excluding hydrogens is 528 g/mol. The lowest BCUT2D eigenvalue weighted by Gasteiger charge is -2.60. The van der Waals surface area contributed by atoms with Crippen molar-refractivity contribution < 1.29 is 28.7 Å². The summed E-state index contributed by atoms with van der Waals surface area (Å²) in [7, 11) is -1.14. The van der Waals surface area contributed by atoms with Gasteiger partial charge in [-0.2, -0.15) is 0 Å². The number of nitrogens with zero attached hydrogens (tertiary/aromatic N) is 2. The first kappa shape index (κ1) is 30.5. The predicted molar refractivity (Wildman–Crippen MR) is 154 cm³/mol. The van der Waals surface area contributed by atoms with Crippen LogP contribution in [0.1, 0.15) is 40.0 Å². The highest BCUT2D eigenvalue weighted by molar-refractivity contribution is 6.66. The Kier molecular flexibility index (Phi) is 10.2. The average molecular weight is 566 g/mol. The number of carbonyl (C=O) groups is 4. The first-order valence-corrected chi connectivity index (χ1v) is 15.7. The second kappa shape index (κ2) is 13.4. The number of nitrogens with one attached hydrogen (secondary N) is 2. The molecule has 2 N–H and O–H groups in total. The van der Waals surface area contributed by atoms with E-state index in [1.54, 1.807) is 65.6 Å². The number of rotatable bonds is 9. The molecule has 2 aromatic rings.